The first kappa shape index (κ1) is 23.6. The number of benzene rings is 4. The Morgan fingerprint density at radius 3 is 2.00 bits per heavy atom. The number of ketones is 1. The Morgan fingerprint density at radius 2 is 1.26 bits per heavy atom. The molecule has 0 saturated heterocycles. The number of carbonyl (C=O) groups excluding carboxylic acids is 3. The number of carbonyl (C=O) groups is 3. The fourth-order valence-corrected chi connectivity index (χ4v) is 3.77. The molecule has 4 rings (SSSR count). The summed E-state index contributed by atoms with van der Waals surface area (Å²) in [5, 5.41) is 5.76. The first-order valence-electron chi connectivity index (χ1n) is 11.4. The van der Waals surface area contributed by atoms with Gasteiger partial charge in [0.05, 0.1) is 5.92 Å². The third-order valence-corrected chi connectivity index (χ3v) is 5.75. The molecular formula is C30H26N2O3. The Labute approximate surface area is 204 Å². The van der Waals surface area contributed by atoms with Gasteiger partial charge < -0.3 is 10.6 Å². The Bertz CT molecular complexity index is 1380. The van der Waals surface area contributed by atoms with Crippen LogP contribution in [0.1, 0.15) is 50.2 Å². The van der Waals surface area contributed by atoms with Gasteiger partial charge in [-0.25, -0.2) is 0 Å². The predicted octanol–water partition coefficient (Wildman–Crippen LogP) is 6.22. The van der Waals surface area contributed by atoms with E-state index in [0.29, 0.717) is 28.1 Å². The van der Waals surface area contributed by atoms with Crippen molar-refractivity contribution in [3.8, 4) is 0 Å². The molecule has 0 aliphatic carbocycles. The van der Waals surface area contributed by atoms with Gasteiger partial charge in [-0.15, -0.1) is 0 Å². The molecule has 0 saturated carbocycles. The van der Waals surface area contributed by atoms with E-state index in [9.17, 15) is 14.4 Å². The van der Waals surface area contributed by atoms with Crippen LogP contribution >= 0.6 is 0 Å². The van der Waals surface area contributed by atoms with E-state index in [1.54, 1.807) is 61.5 Å². The van der Waals surface area contributed by atoms with Crippen molar-refractivity contribution in [3.05, 3.63) is 131 Å². The van der Waals surface area contributed by atoms with E-state index >= 15 is 0 Å². The number of aryl methyl sites for hydroxylation is 1. The minimum Gasteiger partial charge on any atom is -0.326 e. The van der Waals surface area contributed by atoms with Gasteiger partial charge in [-0.05, 0) is 61.4 Å². The molecule has 174 valence electrons. The molecule has 0 radical (unpaired) electrons. The van der Waals surface area contributed by atoms with Crippen molar-refractivity contribution in [2.45, 2.75) is 19.8 Å². The zero-order valence-corrected chi connectivity index (χ0v) is 19.6. The predicted molar refractivity (Wildman–Crippen MR) is 139 cm³/mol. The van der Waals surface area contributed by atoms with Crippen LogP contribution in [0.5, 0.6) is 0 Å². The highest BCUT2D eigenvalue weighted by atomic mass is 16.2. The molecule has 0 aromatic heterocycles. The average Bonchev–Trinajstić information content (AvgIpc) is 2.88. The Kier molecular flexibility index (Phi) is 7.17. The highest BCUT2D eigenvalue weighted by Gasteiger charge is 2.18. The number of nitrogens with one attached hydrogen (secondary N) is 2. The zero-order valence-electron chi connectivity index (χ0n) is 19.6. The summed E-state index contributed by atoms with van der Waals surface area (Å²) in [6.07, 6.45) is 0. The van der Waals surface area contributed by atoms with Crippen LogP contribution in [0.3, 0.4) is 0 Å². The standard InChI is InChI=1S/C30H26N2O3/c1-20-9-6-15-26(17-20)32-30(35)25-14-8-16-27(19-25)31-29(34)21(2)23-12-7-13-24(18-23)28(33)22-10-4-3-5-11-22/h3-19,21H,1-2H3,(H,31,34)(H,32,35). The summed E-state index contributed by atoms with van der Waals surface area (Å²) in [4.78, 5) is 38.5. The van der Waals surface area contributed by atoms with Crippen LogP contribution in [0.25, 0.3) is 0 Å². The monoisotopic (exact) mass is 462 g/mol. The molecule has 0 fully saturated rings. The maximum atomic E-state index is 13.0. The molecule has 1 atom stereocenters. The summed E-state index contributed by atoms with van der Waals surface area (Å²) in [5.41, 5.74) is 4.58. The van der Waals surface area contributed by atoms with E-state index in [-0.39, 0.29) is 17.6 Å². The maximum Gasteiger partial charge on any atom is 0.255 e. The fraction of sp³-hybridized carbons (Fsp3) is 0.100. The quantitative estimate of drug-likeness (QED) is 0.320. The Morgan fingerprint density at radius 1 is 0.629 bits per heavy atom. The van der Waals surface area contributed by atoms with E-state index in [1.165, 1.54) is 0 Å². The topological polar surface area (TPSA) is 75.3 Å². The van der Waals surface area contributed by atoms with Crippen LogP contribution in [-0.2, 0) is 4.79 Å². The number of hydrogen-bond donors (Lipinski definition) is 2. The second kappa shape index (κ2) is 10.6. The second-order valence-corrected chi connectivity index (χ2v) is 8.44. The van der Waals surface area contributed by atoms with Crippen molar-refractivity contribution in [2.24, 2.45) is 0 Å². The Balaban J connectivity index is 1.45. The van der Waals surface area contributed by atoms with E-state index in [0.717, 1.165) is 11.1 Å². The van der Waals surface area contributed by atoms with Crippen molar-refractivity contribution >= 4 is 29.0 Å². The Hall–Kier alpha value is -4.51. The van der Waals surface area contributed by atoms with Gasteiger partial charge in [0.1, 0.15) is 0 Å². The average molecular weight is 463 g/mol. The number of hydrogen-bond acceptors (Lipinski definition) is 3. The lowest BCUT2D eigenvalue weighted by Crippen LogP contribution is -2.20. The van der Waals surface area contributed by atoms with E-state index in [2.05, 4.69) is 10.6 Å². The number of rotatable bonds is 7. The molecule has 2 amide bonds. The van der Waals surface area contributed by atoms with Gasteiger partial charge in [0.25, 0.3) is 5.91 Å². The summed E-state index contributed by atoms with van der Waals surface area (Å²) < 4.78 is 0. The van der Waals surface area contributed by atoms with E-state index in [1.807, 2.05) is 55.5 Å². The number of anilines is 2. The summed E-state index contributed by atoms with van der Waals surface area (Å²) in [5.74, 6) is -1.08. The second-order valence-electron chi connectivity index (χ2n) is 8.44. The summed E-state index contributed by atoms with van der Waals surface area (Å²) in [6.45, 7) is 3.75. The molecule has 5 nitrogen and oxygen atoms in total. The molecular weight excluding hydrogens is 436 g/mol. The third-order valence-electron chi connectivity index (χ3n) is 5.75. The molecule has 4 aromatic rings. The van der Waals surface area contributed by atoms with Crippen LogP contribution < -0.4 is 10.6 Å². The molecule has 0 bridgehead atoms. The van der Waals surface area contributed by atoms with Crippen LogP contribution in [-0.4, -0.2) is 17.6 Å². The van der Waals surface area contributed by atoms with E-state index in [4.69, 9.17) is 0 Å². The van der Waals surface area contributed by atoms with Crippen molar-refractivity contribution in [2.75, 3.05) is 10.6 Å². The molecule has 4 aromatic carbocycles. The minimum absolute atomic E-state index is 0.0904. The molecule has 35 heavy (non-hydrogen) atoms. The SMILES string of the molecule is Cc1cccc(NC(=O)c2cccc(NC(=O)C(C)c3cccc(C(=O)c4ccccc4)c3)c2)c1. The molecule has 0 aliphatic heterocycles. The first-order chi connectivity index (χ1) is 16.9. The largest absolute Gasteiger partial charge is 0.326 e. The third kappa shape index (κ3) is 5.89. The highest BCUT2D eigenvalue weighted by Crippen LogP contribution is 2.22. The smallest absolute Gasteiger partial charge is 0.255 e. The van der Waals surface area contributed by atoms with Gasteiger partial charge in [-0.1, -0.05) is 66.7 Å². The summed E-state index contributed by atoms with van der Waals surface area (Å²) >= 11 is 0. The van der Waals surface area contributed by atoms with Crippen LogP contribution in [0.15, 0.2) is 103 Å². The molecule has 1 unspecified atom stereocenters. The van der Waals surface area contributed by atoms with Crippen LogP contribution in [0.2, 0.25) is 0 Å². The summed E-state index contributed by atoms with van der Waals surface area (Å²) in [6, 6.07) is 30.5. The van der Waals surface area contributed by atoms with Crippen molar-refractivity contribution < 1.29 is 14.4 Å². The molecule has 5 heteroatoms. The van der Waals surface area contributed by atoms with Gasteiger partial charge in [-0.3, -0.25) is 14.4 Å². The molecule has 2 N–H and O–H groups in total. The molecule has 0 aliphatic rings. The van der Waals surface area contributed by atoms with Gasteiger partial charge in [0, 0.05) is 28.1 Å². The van der Waals surface area contributed by atoms with Gasteiger partial charge in [0.2, 0.25) is 5.91 Å². The molecule has 0 heterocycles. The highest BCUT2D eigenvalue weighted by molar-refractivity contribution is 6.09. The van der Waals surface area contributed by atoms with Gasteiger partial charge in [-0.2, -0.15) is 0 Å². The lowest BCUT2D eigenvalue weighted by atomic mass is 9.95. The van der Waals surface area contributed by atoms with Crippen molar-refractivity contribution in [3.63, 3.8) is 0 Å². The van der Waals surface area contributed by atoms with Gasteiger partial charge in [0.15, 0.2) is 5.78 Å². The van der Waals surface area contributed by atoms with Crippen molar-refractivity contribution in [1.29, 1.82) is 0 Å². The lowest BCUT2D eigenvalue weighted by molar-refractivity contribution is -0.117. The van der Waals surface area contributed by atoms with Crippen LogP contribution in [0, 0.1) is 6.92 Å². The lowest BCUT2D eigenvalue weighted by Gasteiger charge is -2.14. The number of amides is 2. The van der Waals surface area contributed by atoms with Crippen molar-refractivity contribution in [1.82, 2.24) is 0 Å². The zero-order chi connectivity index (χ0) is 24.8. The minimum atomic E-state index is -0.497. The van der Waals surface area contributed by atoms with Crippen LogP contribution in [0.4, 0.5) is 11.4 Å². The normalized spacial score (nSPS) is 11.4. The fourth-order valence-electron chi connectivity index (χ4n) is 3.77. The van der Waals surface area contributed by atoms with Gasteiger partial charge >= 0.3 is 0 Å². The van der Waals surface area contributed by atoms with E-state index < -0.39 is 5.92 Å². The maximum absolute atomic E-state index is 13.0. The summed E-state index contributed by atoms with van der Waals surface area (Å²) in [7, 11) is 0. The first-order valence-corrected chi connectivity index (χ1v) is 11.4. The molecule has 0 spiro atoms.